The Balaban J connectivity index is 3.35. The Morgan fingerprint density at radius 2 is 2.08 bits per heavy atom. The van der Waals surface area contributed by atoms with E-state index in [0.29, 0.717) is 22.6 Å². The highest BCUT2D eigenvalue weighted by molar-refractivity contribution is 6.43. The van der Waals surface area contributed by atoms with Gasteiger partial charge in [0, 0.05) is 0 Å². The van der Waals surface area contributed by atoms with Gasteiger partial charge in [-0.1, -0.05) is 23.2 Å². The van der Waals surface area contributed by atoms with Gasteiger partial charge in [-0.05, 0) is 12.1 Å². The zero-order valence-corrected chi connectivity index (χ0v) is 7.82. The highest BCUT2D eigenvalue weighted by Crippen LogP contribution is 2.33. The first-order valence-electron chi connectivity index (χ1n) is 3.18. The smallest absolute Gasteiger partial charge is 0.153 e. The van der Waals surface area contributed by atoms with Crippen molar-refractivity contribution in [2.75, 3.05) is 7.11 Å². The van der Waals surface area contributed by atoms with Crippen molar-refractivity contribution in [1.82, 2.24) is 0 Å². The molecule has 64 valence electrons. The summed E-state index contributed by atoms with van der Waals surface area (Å²) in [4.78, 5) is 10.5. The highest BCUT2D eigenvalue weighted by Gasteiger charge is 2.09. The topological polar surface area (TPSA) is 26.3 Å². The standard InChI is InChI=1S/C8H6Cl2O2/c1-12-8-5(4-11)2-3-6(9)7(8)10/h2-4H,1H3. The molecule has 0 aliphatic carbocycles. The molecule has 0 unspecified atom stereocenters. The Kier molecular flexibility index (Phi) is 2.95. The molecule has 1 aromatic carbocycles. The number of hydrogen-bond acceptors (Lipinski definition) is 2. The Labute approximate surface area is 80.0 Å². The molecule has 0 aliphatic heterocycles. The number of ether oxygens (including phenoxy) is 1. The summed E-state index contributed by atoms with van der Waals surface area (Å²) in [5.74, 6) is 0.319. The van der Waals surface area contributed by atoms with Gasteiger partial charge in [-0.3, -0.25) is 4.79 Å². The van der Waals surface area contributed by atoms with Crippen molar-refractivity contribution < 1.29 is 9.53 Å². The van der Waals surface area contributed by atoms with E-state index in [2.05, 4.69) is 0 Å². The van der Waals surface area contributed by atoms with Crippen LogP contribution in [0.5, 0.6) is 5.75 Å². The first-order valence-corrected chi connectivity index (χ1v) is 3.93. The second-order valence-corrected chi connectivity index (χ2v) is 2.89. The maximum absolute atomic E-state index is 10.5. The number of carbonyl (C=O) groups excluding carboxylic acids is 1. The van der Waals surface area contributed by atoms with Crippen molar-refractivity contribution in [2.24, 2.45) is 0 Å². The summed E-state index contributed by atoms with van der Waals surface area (Å²) in [7, 11) is 1.44. The van der Waals surface area contributed by atoms with Crippen molar-refractivity contribution in [3.8, 4) is 5.75 Å². The third kappa shape index (κ3) is 1.54. The van der Waals surface area contributed by atoms with Crippen LogP contribution in [-0.2, 0) is 0 Å². The molecule has 0 saturated carbocycles. The highest BCUT2D eigenvalue weighted by atomic mass is 35.5. The van der Waals surface area contributed by atoms with Gasteiger partial charge in [0.2, 0.25) is 0 Å². The minimum atomic E-state index is 0.267. The second kappa shape index (κ2) is 3.78. The first-order chi connectivity index (χ1) is 5.70. The van der Waals surface area contributed by atoms with E-state index in [-0.39, 0.29) is 5.02 Å². The summed E-state index contributed by atoms with van der Waals surface area (Å²) in [6, 6.07) is 3.11. The normalized spacial score (nSPS) is 9.58. The van der Waals surface area contributed by atoms with Gasteiger partial charge in [-0.15, -0.1) is 0 Å². The third-order valence-corrected chi connectivity index (χ3v) is 2.20. The lowest BCUT2D eigenvalue weighted by Crippen LogP contribution is -1.91. The van der Waals surface area contributed by atoms with E-state index >= 15 is 0 Å². The van der Waals surface area contributed by atoms with Crippen LogP contribution in [0.1, 0.15) is 10.4 Å². The Hall–Kier alpha value is -0.730. The maximum Gasteiger partial charge on any atom is 0.153 e. The fraction of sp³-hybridized carbons (Fsp3) is 0.125. The van der Waals surface area contributed by atoms with Crippen LogP contribution < -0.4 is 4.74 Å². The van der Waals surface area contributed by atoms with E-state index in [1.165, 1.54) is 7.11 Å². The molecule has 2 nitrogen and oxygen atoms in total. The summed E-state index contributed by atoms with van der Waals surface area (Å²) in [6.07, 6.45) is 0.668. The number of hydrogen-bond donors (Lipinski definition) is 0. The fourth-order valence-corrected chi connectivity index (χ4v) is 1.25. The van der Waals surface area contributed by atoms with Crippen molar-refractivity contribution in [2.45, 2.75) is 0 Å². The Morgan fingerprint density at radius 3 is 2.58 bits per heavy atom. The van der Waals surface area contributed by atoms with E-state index < -0.39 is 0 Å². The first kappa shape index (κ1) is 9.36. The molecular weight excluding hydrogens is 199 g/mol. The molecular formula is C8H6Cl2O2. The zero-order chi connectivity index (χ0) is 9.14. The van der Waals surface area contributed by atoms with Gasteiger partial charge >= 0.3 is 0 Å². The lowest BCUT2D eigenvalue weighted by molar-refractivity contribution is 0.112. The molecule has 0 bridgehead atoms. The van der Waals surface area contributed by atoms with Crippen LogP contribution in [0.4, 0.5) is 0 Å². The predicted octanol–water partition coefficient (Wildman–Crippen LogP) is 2.81. The molecule has 0 atom stereocenters. The molecule has 12 heavy (non-hydrogen) atoms. The van der Waals surface area contributed by atoms with E-state index in [9.17, 15) is 4.79 Å². The molecule has 0 amide bonds. The van der Waals surface area contributed by atoms with Crippen LogP contribution >= 0.6 is 23.2 Å². The Morgan fingerprint density at radius 1 is 1.42 bits per heavy atom. The van der Waals surface area contributed by atoms with Crippen LogP contribution in [0, 0.1) is 0 Å². The molecule has 0 heterocycles. The summed E-state index contributed by atoms with van der Waals surface area (Å²) in [5.41, 5.74) is 0.395. The largest absolute Gasteiger partial charge is 0.494 e. The molecule has 0 spiro atoms. The summed E-state index contributed by atoms with van der Waals surface area (Å²) >= 11 is 11.5. The Bertz CT molecular complexity index is 310. The predicted molar refractivity (Wildman–Crippen MR) is 48.4 cm³/mol. The molecule has 1 rings (SSSR count). The molecule has 0 radical (unpaired) electrons. The average Bonchev–Trinajstić information content (AvgIpc) is 2.09. The van der Waals surface area contributed by atoms with Gasteiger partial charge in [0.1, 0.15) is 10.8 Å². The molecule has 4 heteroatoms. The number of halogens is 2. The van der Waals surface area contributed by atoms with Gasteiger partial charge < -0.3 is 4.74 Å². The lowest BCUT2D eigenvalue weighted by atomic mass is 10.2. The minimum absolute atomic E-state index is 0.267. The van der Waals surface area contributed by atoms with Gasteiger partial charge in [-0.2, -0.15) is 0 Å². The van der Waals surface area contributed by atoms with Crippen molar-refractivity contribution >= 4 is 29.5 Å². The van der Waals surface area contributed by atoms with E-state index in [1.54, 1.807) is 12.1 Å². The monoisotopic (exact) mass is 204 g/mol. The van der Waals surface area contributed by atoms with Crippen LogP contribution in [-0.4, -0.2) is 13.4 Å². The van der Waals surface area contributed by atoms with Gasteiger partial charge in [0.25, 0.3) is 0 Å². The maximum atomic E-state index is 10.5. The van der Waals surface area contributed by atoms with E-state index in [1.807, 2.05) is 0 Å². The van der Waals surface area contributed by atoms with Crippen molar-refractivity contribution in [3.05, 3.63) is 27.7 Å². The van der Waals surface area contributed by atoms with E-state index in [0.717, 1.165) is 0 Å². The molecule has 0 fully saturated rings. The zero-order valence-electron chi connectivity index (χ0n) is 6.30. The number of rotatable bonds is 2. The quantitative estimate of drug-likeness (QED) is 0.694. The molecule has 0 N–H and O–H groups in total. The van der Waals surface area contributed by atoms with Gasteiger partial charge in [0.15, 0.2) is 6.29 Å². The summed E-state index contributed by atoms with van der Waals surface area (Å²) in [6.45, 7) is 0. The van der Waals surface area contributed by atoms with Crippen molar-refractivity contribution in [3.63, 3.8) is 0 Å². The van der Waals surface area contributed by atoms with Crippen LogP contribution in [0.15, 0.2) is 12.1 Å². The summed E-state index contributed by atoms with van der Waals surface area (Å²) < 4.78 is 4.90. The molecule has 0 saturated heterocycles. The van der Waals surface area contributed by atoms with Crippen LogP contribution in [0.2, 0.25) is 10.0 Å². The van der Waals surface area contributed by atoms with Crippen molar-refractivity contribution in [1.29, 1.82) is 0 Å². The number of benzene rings is 1. The number of methoxy groups -OCH3 is 1. The molecule has 1 aromatic rings. The second-order valence-electron chi connectivity index (χ2n) is 2.10. The molecule has 0 aromatic heterocycles. The SMILES string of the molecule is COc1c(C=O)ccc(Cl)c1Cl. The van der Waals surface area contributed by atoms with Gasteiger partial charge in [-0.25, -0.2) is 0 Å². The number of aldehydes is 1. The number of carbonyl (C=O) groups is 1. The minimum Gasteiger partial charge on any atom is -0.494 e. The van der Waals surface area contributed by atoms with Gasteiger partial charge in [0.05, 0.1) is 17.7 Å². The van der Waals surface area contributed by atoms with Crippen LogP contribution in [0.25, 0.3) is 0 Å². The fourth-order valence-electron chi connectivity index (χ4n) is 0.847. The summed E-state index contributed by atoms with van der Waals surface area (Å²) in [5, 5.41) is 0.642. The lowest BCUT2D eigenvalue weighted by Gasteiger charge is -2.06. The van der Waals surface area contributed by atoms with Crippen LogP contribution in [0.3, 0.4) is 0 Å². The molecule has 0 aliphatic rings. The third-order valence-electron chi connectivity index (χ3n) is 1.41. The van der Waals surface area contributed by atoms with E-state index in [4.69, 9.17) is 27.9 Å². The average molecular weight is 205 g/mol.